The van der Waals surface area contributed by atoms with Crippen LogP contribution in [0.1, 0.15) is 18.4 Å². The molecule has 1 aromatic carbocycles. The molecule has 0 saturated carbocycles. The van der Waals surface area contributed by atoms with E-state index in [1.807, 2.05) is 12.1 Å². The first-order valence-electron chi connectivity index (χ1n) is 6.38. The van der Waals surface area contributed by atoms with Crippen molar-refractivity contribution in [3.63, 3.8) is 0 Å². The Morgan fingerprint density at radius 1 is 1.56 bits per heavy atom. The Hall–Kier alpha value is -1.55. The Balaban J connectivity index is 1.84. The van der Waals surface area contributed by atoms with Crippen molar-refractivity contribution in [1.82, 2.24) is 10.2 Å². The summed E-state index contributed by atoms with van der Waals surface area (Å²) in [6.07, 6.45) is 1.69. The highest BCUT2D eigenvalue weighted by molar-refractivity contribution is 5.75. The fraction of sp³-hybridized carbons (Fsp3) is 0.500. The molecule has 1 amide bonds. The van der Waals surface area contributed by atoms with Crippen LogP contribution in [0.5, 0.6) is 5.75 Å². The van der Waals surface area contributed by atoms with E-state index in [-0.39, 0.29) is 5.91 Å². The van der Waals surface area contributed by atoms with Crippen molar-refractivity contribution in [3.05, 3.63) is 29.8 Å². The summed E-state index contributed by atoms with van der Waals surface area (Å²) in [6.45, 7) is 2.83. The number of amides is 1. The average Bonchev–Trinajstić information content (AvgIpc) is 2.76. The van der Waals surface area contributed by atoms with Crippen molar-refractivity contribution < 1.29 is 9.90 Å². The van der Waals surface area contributed by atoms with Crippen molar-refractivity contribution in [3.8, 4) is 5.75 Å². The number of carbonyl (C=O) groups is 1. The van der Waals surface area contributed by atoms with Crippen molar-refractivity contribution in [1.29, 1.82) is 0 Å². The lowest BCUT2D eigenvalue weighted by molar-refractivity contribution is -0.121. The molecule has 2 N–H and O–H groups in total. The molecular weight excluding hydrogens is 228 g/mol. The van der Waals surface area contributed by atoms with Gasteiger partial charge in [-0.05, 0) is 36.6 Å². The Morgan fingerprint density at radius 3 is 3.11 bits per heavy atom. The van der Waals surface area contributed by atoms with E-state index in [0.717, 1.165) is 31.6 Å². The molecule has 0 bridgehead atoms. The number of carbonyl (C=O) groups excluding carboxylic acids is 1. The average molecular weight is 248 g/mol. The molecular formula is C14H20N2O2. The van der Waals surface area contributed by atoms with Gasteiger partial charge in [0.15, 0.2) is 0 Å². The smallest absolute Gasteiger partial charge is 0.220 e. The van der Waals surface area contributed by atoms with Gasteiger partial charge in [-0.3, -0.25) is 9.69 Å². The van der Waals surface area contributed by atoms with Gasteiger partial charge in [-0.15, -0.1) is 0 Å². The molecule has 0 unspecified atom stereocenters. The molecule has 1 aromatic rings. The van der Waals surface area contributed by atoms with E-state index >= 15 is 0 Å². The zero-order chi connectivity index (χ0) is 13.0. The van der Waals surface area contributed by atoms with Crippen LogP contribution in [0.3, 0.4) is 0 Å². The maximum absolute atomic E-state index is 11.3. The van der Waals surface area contributed by atoms with E-state index in [4.69, 9.17) is 0 Å². The highest BCUT2D eigenvalue weighted by Crippen LogP contribution is 2.22. The quantitative estimate of drug-likeness (QED) is 0.845. The van der Waals surface area contributed by atoms with Gasteiger partial charge in [-0.1, -0.05) is 12.1 Å². The Labute approximate surface area is 108 Å². The molecule has 0 radical (unpaired) electrons. The summed E-state index contributed by atoms with van der Waals surface area (Å²) in [4.78, 5) is 13.7. The van der Waals surface area contributed by atoms with Crippen molar-refractivity contribution >= 4 is 5.91 Å². The van der Waals surface area contributed by atoms with Gasteiger partial charge in [0.1, 0.15) is 5.75 Å². The standard InChI is InChI=1S/C14H20N2O2/c1-15-14(18)8-12-5-6-16(10-12)9-11-3-2-4-13(17)7-11/h2-4,7,12,17H,5-6,8-10H2,1H3,(H,15,18)/t12-/m1/s1. The van der Waals surface area contributed by atoms with Crippen LogP contribution in [0.4, 0.5) is 0 Å². The molecule has 0 aliphatic carbocycles. The molecule has 1 saturated heterocycles. The fourth-order valence-corrected chi connectivity index (χ4v) is 2.50. The number of phenols is 1. The summed E-state index contributed by atoms with van der Waals surface area (Å²) in [5, 5.41) is 12.1. The summed E-state index contributed by atoms with van der Waals surface area (Å²) in [5.41, 5.74) is 1.12. The molecule has 1 aliphatic heterocycles. The van der Waals surface area contributed by atoms with E-state index in [0.29, 0.717) is 18.1 Å². The normalized spacial score (nSPS) is 19.9. The number of aromatic hydroxyl groups is 1. The topological polar surface area (TPSA) is 52.6 Å². The first-order valence-corrected chi connectivity index (χ1v) is 6.38. The summed E-state index contributed by atoms with van der Waals surface area (Å²) in [7, 11) is 1.68. The first-order chi connectivity index (χ1) is 8.67. The highest BCUT2D eigenvalue weighted by atomic mass is 16.3. The predicted molar refractivity (Wildman–Crippen MR) is 70.2 cm³/mol. The second kappa shape index (κ2) is 5.87. The summed E-state index contributed by atoms with van der Waals surface area (Å²) in [6, 6.07) is 7.36. The SMILES string of the molecule is CNC(=O)C[C@H]1CCN(Cc2cccc(O)c2)C1. The van der Waals surface area contributed by atoms with Crippen molar-refractivity contribution in [2.24, 2.45) is 5.92 Å². The van der Waals surface area contributed by atoms with E-state index in [2.05, 4.69) is 10.2 Å². The fourth-order valence-electron chi connectivity index (χ4n) is 2.50. The van der Waals surface area contributed by atoms with Crippen LogP contribution < -0.4 is 5.32 Å². The largest absolute Gasteiger partial charge is 0.508 e. The summed E-state index contributed by atoms with van der Waals surface area (Å²) < 4.78 is 0. The molecule has 2 rings (SSSR count). The molecule has 98 valence electrons. The lowest BCUT2D eigenvalue weighted by Crippen LogP contribution is -2.24. The molecule has 1 aliphatic rings. The number of hydrogen-bond acceptors (Lipinski definition) is 3. The number of likely N-dealkylation sites (tertiary alicyclic amines) is 1. The van der Waals surface area contributed by atoms with E-state index in [9.17, 15) is 9.90 Å². The summed E-state index contributed by atoms with van der Waals surface area (Å²) in [5.74, 6) is 0.898. The predicted octanol–water partition coefficient (Wildman–Crippen LogP) is 1.35. The minimum Gasteiger partial charge on any atom is -0.508 e. The van der Waals surface area contributed by atoms with Gasteiger partial charge in [0.25, 0.3) is 0 Å². The van der Waals surface area contributed by atoms with Crippen LogP contribution in [-0.2, 0) is 11.3 Å². The molecule has 4 heteroatoms. The van der Waals surface area contributed by atoms with E-state index in [1.165, 1.54) is 0 Å². The molecule has 1 atom stereocenters. The minimum absolute atomic E-state index is 0.124. The number of rotatable bonds is 4. The molecule has 0 spiro atoms. The van der Waals surface area contributed by atoms with Gasteiger partial charge in [-0.2, -0.15) is 0 Å². The van der Waals surface area contributed by atoms with Crippen LogP contribution in [0.25, 0.3) is 0 Å². The van der Waals surface area contributed by atoms with Crippen LogP contribution in [0.2, 0.25) is 0 Å². The first kappa shape index (κ1) is 12.9. The van der Waals surface area contributed by atoms with Gasteiger partial charge < -0.3 is 10.4 Å². The molecule has 4 nitrogen and oxygen atoms in total. The van der Waals surface area contributed by atoms with E-state index < -0.39 is 0 Å². The maximum Gasteiger partial charge on any atom is 0.220 e. The van der Waals surface area contributed by atoms with Crippen molar-refractivity contribution in [2.75, 3.05) is 20.1 Å². The molecule has 18 heavy (non-hydrogen) atoms. The van der Waals surface area contributed by atoms with Gasteiger partial charge in [0.2, 0.25) is 5.91 Å². The van der Waals surface area contributed by atoms with Gasteiger partial charge >= 0.3 is 0 Å². The lowest BCUT2D eigenvalue weighted by Gasteiger charge is -2.16. The Morgan fingerprint density at radius 2 is 2.39 bits per heavy atom. The van der Waals surface area contributed by atoms with Crippen LogP contribution >= 0.6 is 0 Å². The third kappa shape index (κ3) is 3.47. The third-order valence-corrected chi connectivity index (χ3v) is 3.44. The molecule has 1 fully saturated rings. The van der Waals surface area contributed by atoms with Gasteiger partial charge in [-0.25, -0.2) is 0 Å². The number of hydrogen-bond donors (Lipinski definition) is 2. The van der Waals surface area contributed by atoms with E-state index in [1.54, 1.807) is 19.2 Å². The number of phenolic OH excluding ortho intramolecular Hbond substituents is 1. The second-order valence-electron chi connectivity index (χ2n) is 4.94. The third-order valence-electron chi connectivity index (χ3n) is 3.44. The van der Waals surface area contributed by atoms with Crippen molar-refractivity contribution in [2.45, 2.75) is 19.4 Å². The zero-order valence-corrected chi connectivity index (χ0v) is 10.7. The van der Waals surface area contributed by atoms with Gasteiger partial charge in [0, 0.05) is 26.6 Å². The van der Waals surface area contributed by atoms with Crippen LogP contribution in [0.15, 0.2) is 24.3 Å². The number of benzene rings is 1. The minimum atomic E-state index is 0.124. The monoisotopic (exact) mass is 248 g/mol. The Kier molecular flexibility index (Phi) is 4.20. The summed E-state index contributed by atoms with van der Waals surface area (Å²) >= 11 is 0. The molecule has 0 aromatic heterocycles. The van der Waals surface area contributed by atoms with Gasteiger partial charge in [0.05, 0.1) is 0 Å². The second-order valence-corrected chi connectivity index (χ2v) is 4.94. The zero-order valence-electron chi connectivity index (χ0n) is 10.7. The number of nitrogens with zero attached hydrogens (tertiary/aromatic N) is 1. The maximum atomic E-state index is 11.3. The van der Waals surface area contributed by atoms with Crippen LogP contribution in [0, 0.1) is 5.92 Å². The number of nitrogens with one attached hydrogen (secondary N) is 1. The Bertz CT molecular complexity index is 420. The highest BCUT2D eigenvalue weighted by Gasteiger charge is 2.24. The lowest BCUT2D eigenvalue weighted by atomic mass is 10.0. The molecule has 1 heterocycles. The van der Waals surface area contributed by atoms with Crippen LogP contribution in [-0.4, -0.2) is 36.1 Å².